The molecule has 118 valence electrons. The molecule has 9 heteroatoms. The molecular weight excluding hydrogens is 293 g/mol. The summed E-state index contributed by atoms with van der Waals surface area (Å²) in [4.78, 5) is 11.2. The maximum Gasteiger partial charge on any atom is 0.312 e. The highest BCUT2D eigenvalue weighted by atomic mass is 19.1. The second-order valence-corrected chi connectivity index (χ2v) is 5.91. The molecule has 0 amide bonds. The largest absolute Gasteiger partial charge is 0.393 e. The van der Waals surface area contributed by atoms with Crippen molar-refractivity contribution in [3.63, 3.8) is 0 Å². The van der Waals surface area contributed by atoms with E-state index in [-0.39, 0.29) is 35.9 Å². The number of aromatic nitrogens is 4. The Bertz CT molecular complexity index is 734. The predicted octanol–water partition coefficient (Wildman–Crippen LogP) is -0.0315. The van der Waals surface area contributed by atoms with Gasteiger partial charge in [-0.15, -0.1) is 0 Å². The Hall–Kier alpha value is -1.84. The van der Waals surface area contributed by atoms with Crippen LogP contribution >= 0.6 is 0 Å². The van der Waals surface area contributed by atoms with Crippen LogP contribution < -0.4 is 5.73 Å². The zero-order valence-corrected chi connectivity index (χ0v) is 11.7. The molecule has 1 aliphatic heterocycles. The van der Waals surface area contributed by atoms with Crippen molar-refractivity contribution in [3.05, 3.63) is 12.4 Å². The average molecular weight is 309 g/mol. The van der Waals surface area contributed by atoms with Gasteiger partial charge in [-0.25, -0.2) is 4.98 Å². The number of anilines is 1. The quantitative estimate of drug-likeness (QED) is 0.681. The number of aliphatic hydroxyl groups is 2. The van der Waals surface area contributed by atoms with Gasteiger partial charge in [0.05, 0.1) is 19.0 Å². The molecule has 1 saturated heterocycles. The molecule has 0 spiro atoms. The summed E-state index contributed by atoms with van der Waals surface area (Å²) in [5.41, 5.74) is 5.18. The third kappa shape index (κ3) is 1.82. The van der Waals surface area contributed by atoms with E-state index < -0.39 is 24.0 Å². The molecule has 2 aromatic heterocycles. The molecule has 22 heavy (non-hydrogen) atoms. The number of nitrogens with zero attached hydrogens (tertiary/aromatic N) is 4. The van der Waals surface area contributed by atoms with Gasteiger partial charge in [0.1, 0.15) is 11.8 Å². The zero-order valence-electron chi connectivity index (χ0n) is 11.7. The van der Waals surface area contributed by atoms with Crippen molar-refractivity contribution in [2.24, 2.45) is 5.92 Å². The lowest BCUT2D eigenvalue weighted by molar-refractivity contribution is -0.139. The van der Waals surface area contributed by atoms with E-state index in [4.69, 9.17) is 10.5 Å². The molecule has 4 N–H and O–H groups in total. The first-order valence-corrected chi connectivity index (χ1v) is 7.17. The van der Waals surface area contributed by atoms with Gasteiger partial charge >= 0.3 is 6.08 Å². The van der Waals surface area contributed by atoms with E-state index in [0.29, 0.717) is 0 Å². The maximum atomic E-state index is 13.4. The average Bonchev–Trinajstić information content (AvgIpc) is 3.15. The smallest absolute Gasteiger partial charge is 0.312 e. The highest BCUT2D eigenvalue weighted by molar-refractivity contribution is 5.81. The van der Waals surface area contributed by atoms with Crippen LogP contribution in [-0.4, -0.2) is 48.0 Å². The fraction of sp³-hybridized carbons (Fsp3) is 0.615. The van der Waals surface area contributed by atoms with Crippen LogP contribution in [0.25, 0.3) is 11.2 Å². The second kappa shape index (κ2) is 4.58. The summed E-state index contributed by atoms with van der Waals surface area (Å²) >= 11 is 0. The van der Waals surface area contributed by atoms with Gasteiger partial charge in [-0.1, -0.05) is 0 Å². The summed E-state index contributed by atoms with van der Waals surface area (Å²) in [5.74, 6) is 0.0964. The van der Waals surface area contributed by atoms with Gasteiger partial charge in [-0.2, -0.15) is 14.4 Å². The van der Waals surface area contributed by atoms with E-state index in [0.717, 1.165) is 12.8 Å². The fourth-order valence-corrected chi connectivity index (χ4v) is 3.27. The van der Waals surface area contributed by atoms with Crippen molar-refractivity contribution in [2.45, 2.75) is 37.2 Å². The SMILES string of the molecule is Nc1nc(F)nc2c1ncn2[C@H]1C[C@H](O)[C@](CO)(C2CC2)O1. The van der Waals surface area contributed by atoms with E-state index in [1.165, 1.54) is 10.9 Å². The van der Waals surface area contributed by atoms with Gasteiger partial charge in [-0.3, -0.25) is 4.57 Å². The number of hydrogen-bond donors (Lipinski definition) is 3. The highest BCUT2D eigenvalue weighted by Crippen LogP contribution is 2.51. The van der Waals surface area contributed by atoms with Gasteiger partial charge in [0.2, 0.25) is 0 Å². The highest BCUT2D eigenvalue weighted by Gasteiger charge is 2.57. The van der Waals surface area contributed by atoms with Crippen LogP contribution in [0.15, 0.2) is 6.33 Å². The Morgan fingerprint density at radius 2 is 2.23 bits per heavy atom. The Morgan fingerprint density at radius 1 is 1.45 bits per heavy atom. The Kier molecular flexibility index (Phi) is 2.87. The number of imidazole rings is 1. The van der Waals surface area contributed by atoms with Gasteiger partial charge < -0.3 is 20.7 Å². The van der Waals surface area contributed by atoms with Crippen LogP contribution in [0.1, 0.15) is 25.5 Å². The first kappa shape index (κ1) is 13.8. The van der Waals surface area contributed by atoms with E-state index in [1.54, 1.807) is 0 Å². The predicted molar refractivity (Wildman–Crippen MR) is 73.0 cm³/mol. The number of aliphatic hydroxyl groups excluding tert-OH is 2. The molecule has 3 heterocycles. The minimum atomic E-state index is -0.960. The summed E-state index contributed by atoms with van der Waals surface area (Å²) < 4.78 is 20.9. The van der Waals surface area contributed by atoms with E-state index >= 15 is 0 Å². The van der Waals surface area contributed by atoms with Crippen LogP contribution in [0, 0.1) is 12.0 Å². The van der Waals surface area contributed by atoms with Crippen molar-refractivity contribution in [1.29, 1.82) is 0 Å². The molecular formula is C13H16FN5O3. The molecule has 0 aromatic carbocycles. The Morgan fingerprint density at radius 3 is 2.91 bits per heavy atom. The number of halogens is 1. The van der Waals surface area contributed by atoms with E-state index in [9.17, 15) is 14.6 Å². The lowest BCUT2D eigenvalue weighted by atomic mass is 9.92. The molecule has 2 aromatic rings. The number of ether oxygens (including phenoxy) is 1. The van der Waals surface area contributed by atoms with Gasteiger partial charge in [-0.05, 0) is 18.8 Å². The van der Waals surface area contributed by atoms with E-state index in [2.05, 4.69) is 15.0 Å². The lowest BCUT2D eigenvalue weighted by Gasteiger charge is -2.30. The van der Waals surface area contributed by atoms with Crippen molar-refractivity contribution in [3.8, 4) is 0 Å². The van der Waals surface area contributed by atoms with Crippen molar-refractivity contribution >= 4 is 17.0 Å². The fourth-order valence-electron chi connectivity index (χ4n) is 3.27. The second-order valence-electron chi connectivity index (χ2n) is 5.91. The number of hydrogen-bond acceptors (Lipinski definition) is 7. The zero-order chi connectivity index (χ0) is 15.5. The minimum Gasteiger partial charge on any atom is -0.393 e. The molecule has 0 radical (unpaired) electrons. The molecule has 0 unspecified atom stereocenters. The molecule has 4 rings (SSSR count). The summed E-state index contributed by atoms with van der Waals surface area (Å²) in [6.45, 7) is -0.257. The monoisotopic (exact) mass is 309 g/mol. The number of nitrogens with two attached hydrogens (primary N) is 1. The Balaban J connectivity index is 1.74. The summed E-state index contributed by atoms with van der Waals surface area (Å²) in [5, 5.41) is 20.0. The van der Waals surface area contributed by atoms with Gasteiger partial charge in [0.25, 0.3) is 0 Å². The molecule has 0 bridgehead atoms. The van der Waals surface area contributed by atoms with Crippen LogP contribution in [0.5, 0.6) is 0 Å². The van der Waals surface area contributed by atoms with Crippen molar-refractivity contribution in [1.82, 2.24) is 19.5 Å². The minimum absolute atomic E-state index is 0.0459. The molecule has 2 fully saturated rings. The van der Waals surface area contributed by atoms with Crippen LogP contribution in [0.2, 0.25) is 0 Å². The summed E-state index contributed by atoms with van der Waals surface area (Å²) in [7, 11) is 0. The number of fused-ring (bicyclic) bond motifs is 1. The summed E-state index contributed by atoms with van der Waals surface area (Å²) in [6.07, 6.45) is 1.22. The van der Waals surface area contributed by atoms with Crippen LogP contribution in [0.4, 0.5) is 10.2 Å². The Labute approximate surface area is 124 Å². The van der Waals surface area contributed by atoms with Gasteiger partial charge in [0.15, 0.2) is 17.0 Å². The van der Waals surface area contributed by atoms with Crippen molar-refractivity contribution in [2.75, 3.05) is 12.3 Å². The lowest BCUT2D eigenvalue weighted by Crippen LogP contribution is -2.45. The third-order valence-electron chi connectivity index (χ3n) is 4.59. The molecule has 2 aliphatic rings. The van der Waals surface area contributed by atoms with E-state index in [1.807, 2.05) is 0 Å². The standard InChI is InChI=1S/C13H16FN5O3/c14-12-17-10(15)9-11(18-12)19(5-16-9)8-3-7(21)13(4-20,22-8)6-1-2-6/h5-8,20-21H,1-4H2,(H2,15,17,18)/t7-,8+,13-/m0/s1. The van der Waals surface area contributed by atoms with Crippen molar-refractivity contribution < 1.29 is 19.3 Å². The number of rotatable bonds is 3. The topological polar surface area (TPSA) is 119 Å². The molecule has 3 atom stereocenters. The molecule has 1 aliphatic carbocycles. The summed E-state index contributed by atoms with van der Waals surface area (Å²) in [6, 6.07) is 0. The van der Waals surface area contributed by atoms with Crippen LogP contribution in [0.3, 0.4) is 0 Å². The normalized spacial score (nSPS) is 32.0. The van der Waals surface area contributed by atoms with Gasteiger partial charge in [0, 0.05) is 6.42 Å². The molecule has 1 saturated carbocycles. The maximum absolute atomic E-state index is 13.4. The molecule has 8 nitrogen and oxygen atoms in total. The number of nitrogen functional groups attached to an aromatic ring is 1. The first-order chi connectivity index (χ1) is 10.5. The first-order valence-electron chi connectivity index (χ1n) is 7.17. The third-order valence-corrected chi connectivity index (χ3v) is 4.59. The van der Waals surface area contributed by atoms with Crippen LogP contribution in [-0.2, 0) is 4.74 Å².